The molecule has 0 amide bonds. The van der Waals surface area contributed by atoms with Gasteiger partial charge >= 0.3 is 0 Å². The van der Waals surface area contributed by atoms with Crippen molar-refractivity contribution in [2.45, 2.75) is 0 Å². The molecule has 0 aliphatic carbocycles. The molecule has 0 radical (unpaired) electrons. The van der Waals surface area contributed by atoms with Crippen molar-refractivity contribution in [1.82, 2.24) is 4.98 Å². The third-order valence-corrected chi connectivity index (χ3v) is 3.69. The van der Waals surface area contributed by atoms with Crippen LogP contribution in [0.15, 0.2) is 52.7 Å². The van der Waals surface area contributed by atoms with E-state index in [2.05, 4.69) is 20.5 Å². The molecule has 26 heavy (non-hydrogen) atoms. The van der Waals surface area contributed by atoms with Crippen molar-refractivity contribution in [3.8, 4) is 11.6 Å². The maximum Gasteiger partial charge on any atom is 0.271 e. The number of nitro groups is 1. The number of H-pyrrole nitrogens is 1. The van der Waals surface area contributed by atoms with E-state index in [4.69, 9.17) is 17.0 Å². The maximum absolute atomic E-state index is 10.8. The lowest BCUT2D eigenvalue weighted by atomic mass is 10.2. The number of nitro benzene ring substituents is 1. The van der Waals surface area contributed by atoms with Crippen LogP contribution in [0.5, 0.6) is 11.6 Å². The molecule has 3 N–H and O–H groups in total. The van der Waals surface area contributed by atoms with Gasteiger partial charge in [-0.2, -0.15) is 0 Å². The fraction of sp³-hybridized carbons (Fsp3) is 0.0625. The summed E-state index contributed by atoms with van der Waals surface area (Å²) in [5.41, 5.74) is 1.20. The maximum atomic E-state index is 10.8. The first-order valence-corrected chi connectivity index (χ1v) is 7.74. The molecule has 0 unspecified atom stereocenters. The zero-order chi connectivity index (χ0) is 18.7. The number of azo groups is 1. The molecule has 3 rings (SSSR count). The van der Waals surface area contributed by atoms with Crippen LogP contribution in [0.3, 0.4) is 0 Å². The molecule has 9 nitrogen and oxygen atoms in total. The van der Waals surface area contributed by atoms with Crippen LogP contribution in [-0.2, 0) is 0 Å². The molecule has 0 bridgehead atoms. The predicted octanol–water partition coefficient (Wildman–Crippen LogP) is 4.27. The number of rotatable bonds is 4. The first kappa shape index (κ1) is 17.3. The normalized spacial score (nSPS) is 11.0. The Morgan fingerprint density at radius 1 is 1.35 bits per heavy atom. The van der Waals surface area contributed by atoms with Crippen LogP contribution in [0, 0.1) is 10.1 Å². The molecule has 2 aromatic carbocycles. The fourth-order valence-electron chi connectivity index (χ4n) is 2.32. The smallest absolute Gasteiger partial charge is 0.271 e. The summed E-state index contributed by atoms with van der Waals surface area (Å²) in [7, 11) is 1.54. The van der Waals surface area contributed by atoms with Crippen LogP contribution in [0.1, 0.15) is 0 Å². The number of aromatic amines is 1. The number of anilines is 1. The highest BCUT2D eigenvalue weighted by molar-refractivity contribution is 7.80. The van der Waals surface area contributed by atoms with Gasteiger partial charge in [0.15, 0.2) is 5.69 Å². The van der Waals surface area contributed by atoms with Gasteiger partial charge in [0.2, 0.25) is 11.0 Å². The quantitative estimate of drug-likeness (QED) is 0.272. The van der Waals surface area contributed by atoms with Crippen LogP contribution in [0.2, 0.25) is 0 Å². The Morgan fingerprint density at radius 2 is 2.15 bits per heavy atom. The van der Waals surface area contributed by atoms with Gasteiger partial charge in [0, 0.05) is 29.3 Å². The lowest BCUT2D eigenvalue weighted by Gasteiger charge is -2.02. The monoisotopic (exact) mass is 371 g/mol. The van der Waals surface area contributed by atoms with Crippen molar-refractivity contribution in [3.63, 3.8) is 0 Å². The number of aromatic nitrogens is 1. The summed E-state index contributed by atoms with van der Waals surface area (Å²) < 4.78 is 5.13. The fourth-order valence-corrected chi connectivity index (χ4v) is 2.48. The van der Waals surface area contributed by atoms with Gasteiger partial charge in [-0.05, 0) is 30.4 Å². The van der Waals surface area contributed by atoms with Crippen LogP contribution in [0.4, 0.5) is 17.1 Å². The van der Waals surface area contributed by atoms with Crippen molar-refractivity contribution in [2.75, 3.05) is 12.4 Å². The number of thiocarbonyl (C=S) groups is 1. The molecule has 0 aliphatic rings. The third kappa shape index (κ3) is 3.59. The summed E-state index contributed by atoms with van der Waals surface area (Å²) >= 11 is 5.07. The van der Waals surface area contributed by atoms with Crippen molar-refractivity contribution in [2.24, 2.45) is 10.2 Å². The lowest BCUT2D eigenvalue weighted by Crippen LogP contribution is -2.05. The Balaban J connectivity index is 1.80. The average molecular weight is 371 g/mol. The molecular formula is C16H13N5O4S. The number of methoxy groups -OCH3 is 1. The first-order chi connectivity index (χ1) is 12.5. The van der Waals surface area contributed by atoms with Crippen molar-refractivity contribution in [1.29, 1.82) is 0 Å². The largest absolute Gasteiger partial charge is 0.497 e. The van der Waals surface area contributed by atoms with E-state index in [-0.39, 0.29) is 22.4 Å². The van der Waals surface area contributed by atoms with Gasteiger partial charge in [0.25, 0.3) is 5.69 Å². The Kier molecular flexibility index (Phi) is 4.76. The molecule has 10 heteroatoms. The standard InChI is InChI=1S/C16H13N5O4S/c1-25-11-5-6-12-13(8-11)18-15(22)14(12)19-20-16(26)17-9-3-2-4-10(7-9)21(23)24/h2-8,18,22H,1H3,(H,17,26). The van der Waals surface area contributed by atoms with E-state index in [9.17, 15) is 15.2 Å². The highest BCUT2D eigenvalue weighted by atomic mass is 32.1. The van der Waals surface area contributed by atoms with Crippen LogP contribution in [0.25, 0.3) is 10.9 Å². The minimum atomic E-state index is -0.506. The number of nitrogens with one attached hydrogen (secondary N) is 2. The van der Waals surface area contributed by atoms with Crippen molar-refractivity contribution in [3.05, 3.63) is 52.6 Å². The van der Waals surface area contributed by atoms with Gasteiger partial charge in [-0.1, -0.05) is 6.07 Å². The van der Waals surface area contributed by atoms with Gasteiger partial charge in [-0.25, -0.2) is 0 Å². The molecule has 0 aliphatic heterocycles. The Labute approximate surface area is 152 Å². The van der Waals surface area contributed by atoms with Gasteiger partial charge < -0.3 is 20.1 Å². The molecule has 0 atom stereocenters. The second-order valence-electron chi connectivity index (χ2n) is 5.17. The summed E-state index contributed by atoms with van der Waals surface area (Å²) in [5, 5.41) is 32.0. The number of fused-ring (bicyclic) bond motifs is 1. The molecular weight excluding hydrogens is 358 g/mol. The SMILES string of the molecule is COc1ccc2c(N=NC(=S)Nc3cccc([N+](=O)[O-])c3)c(O)[nH]c2c1. The second kappa shape index (κ2) is 7.15. The molecule has 132 valence electrons. The number of hydrogen-bond acceptors (Lipinski definition) is 6. The summed E-state index contributed by atoms with van der Waals surface area (Å²) in [6.07, 6.45) is 0. The van der Waals surface area contributed by atoms with Gasteiger partial charge in [-0.3, -0.25) is 10.1 Å². The summed E-state index contributed by atoms with van der Waals surface area (Å²) in [4.78, 5) is 13.1. The van der Waals surface area contributed by atoms with Crippen molar-refractivity contribution >= 4 is 45.3 Å². The van der Waals surface area contributed by atoms with E-state index < -0.39 is 4.92 Å². The van der Waals surface area contributed by atoms with E-state index in [1.165, 1.54) is 18.2 Å². The van der Waals surface area contributed by atoms with E-state index >= 15 is 0 Å². The van der Waals surface area contributed by atoms with Gasteiger partial charge in [0.1, 0.15) is 5.75 Å². The summed E-state index contributed by atoms with van der Waals surface area (Å²) in [5.74, 6) is 0.472. The third-order valence-electron chi connectivity index (χ3n) is 3.51. The van der Waals surface area contributed by atoms with Crippen LogP contribution in [-0.4, -0.2) is 27.2 Å². The van der Waals surface area contributed by atoms with Crippen LogP contribution >= 0.6 is 12.2 Å². The Hall–Kier alpha value is -3.53. The predicted molar refractivity (Wildman–Crippen MR) is 100 cm³/mol. The number of nitrogens with zero attached hydrogens (tertiary/aromatic N) is 3. The number of aromatic hydroxyl groups is 1. The number of benzene rings is 2. The molecule has 1 aromatic heterocycles. The lowest BCUT2D eigenvalue weighted by molar-refractivity contribution is -0.384. The molecule has 0 saturated carbocycles. The molecule has 0 spiro atoms. The van der Waals surface area contributed by atoms with E-state index in [1.807, 2.05) is 0 Å². The second-order valence-corrected chi connectivity index (χ2v) is 5.56. The zero-order valence-electron chi connectivity index (χ0n) is 13.5. The molecule has 0 saturated heterocycles. The molecule has 1 heterocycles. The number of hydrogen-bond donors (Lipinski definition) is 3. The van der Waals surface area contributed by atoms with E-state index in [1.54, 1.807) is 31.4 Å². The first-order valence-electron chi connectivity index (χ1n) is 7.34. The van der Waals surface area contributed by atoms with Crippen molar-refractivity contribution < 1.29 is 14.8 Å². The van der Waals surface area contributed by atoms with Gasteiger partial charge in [0.05, 0.1) is 17.5 Å². The minimum Gasteiger partial charge on any atom is -0.497 e. The number of ether oxygens (including phenoxy) is 1. The van der Waals surface area contributed by atoms with Gasteiger partial charge in [-0.15, -0.1) is 10.2 Å². The zero-order valence-corrected chi connectivity index (χ0v) is 14.3. The Morgan fingerprint density at radius 3 is 2.88 bits per heavy atom. The van der Waals surface area contributed by atoms with E-state index in [0.717, 1.165) is 0 Å². The Bertz CT molecular complexity index is 1030. The molecule has 3 aromatic rings. The summed E-state index contributed by atoms with van der Waals surface area (Å²) in [6.45, 7) is 0. The number of non-ortho nitro benzene ring substituents is 1. The topological polar surface area (TPSA) is 125 Å². The van der Waals surface area contributed by atoms with Crippen LogP contribution < -0.4 is 10.1 Å². The highest BCUT2D eigenvalue weighted by Gasteiger charge is 2.12. The minimum absolute atomic E-state index is 0.00670. The average Bonchev–Trinajstić information content (AvgIpc) is 2.94. The summed E-state index contributed by atoms with van der Waals surface area (Å²) in [6, 6.07) is 11.0. The highest BCUT2D eigenvalue weighted by Crippen LogP contribution is 2.37. The van der Waals surface area contributed by atoms with E-state index in [0.29, 0.717) is 22.3 Å². The molecule has 0 fully saturated rings.